The topological polar surface area (TPSA) is 130 Å². The van der Waals surface area contributed by atoms with Crippen LogP contribution >= 0.6 is 0 Å². The van der Waals surface area contributed by atoms with Crippen molar-refractivity contribution in [3.05, 3.63) is 107 Å². The lowest BCUT2D eigenvalue weighted by atomic mass is 9.91. The van der Waals surface area contributed by atoms with Crippen molar-refractivity contribution < 1.29 is 28.7 Å². The zero-order valence-electron chi connectivity index (χ0n) is 23.6. The number of rotatable bonds is 8. The molecular weight excluding hydrogens is 548 g/mol. The largest absolute Gasteiger partial charge is 0.467 e. The van der Waals surface area contributed by atoms with Gasteiger partial charge in [-0.25, -0.2) is 9.59 Å². The number of alkyl carbamates (subject to hydrolysis) is 1. The van der Waals surface area contributed by atoms with E-state index in [9.17, 15) is 19.2 Å². The minimum Gasteiger partial charge on any atom is -0.467 e. The van der Waals surface area contributed by atoms with Crippen molar-refractivity contribution in [3.63, 3.8) is 0 Å². The number of para-hydroxylation sites is 1. The van der Waals surface area contributed by atoms with Crippen LogP contribution in [0.3, 0.4) is 0 Å². The van der Waals surface area contributed by atoms with Crippen molar-refractivity contribution in [2.45, 2.75) is 50.0 Å². The van der Waals surface area contributed by atoms with E-state index in [1.807, 2.05) is 84.9 Å². The van der Waals surface area contributed by atoms with Crippen molar-refractivity contribution >= 4 is 34.8 Å². The molecule has 4 atom stereocenters. The highest BCUT2D eigenvalue weighted by molar-refractivity contribution is 5.97. The van der Waals surface area contributed by atoms with E-state index in [0.29, 0.717) is 0 Å². The molecule has 0 saturated carbocycles. The summed E-state index contributed by atoms with van der Waals surface area (Å²) in [6, 6.07) is 23.1. The average molecular weight is 581 g/mol. The van der Waals surface area contributed by atoms with Crippen LogP contribution in [0.1, 0.15) is 34.8 Å². The Kier molecular flexibility index (Phi) is 7.83. The molecule has 3 aromatic carbocycles. The predicted molar refractivity (Wildman–Crippen MR) is 158 cm³/mol. The molecule has 1 fully saturated rings. The van der Waals surface area contributed by atoms with Crippen molar-refractivity contribution in [2.75, 3.05) is 7.11 Å². The lowest BCUT2D eigenvalue weighted by molar-refractivity contribution is -0.147. The number of nitrogens with zero attached hydrogens (tertiary/aromatic N) is 1. The zero-order valence-corrected chi connectivity index (χ0v) is 23.6. The van der Waals surface area contributed by atoms with Gasteiger partial charge < -0.3 is 30.0 Å². The molecule has 0 bridgehead atoms. The fourth-order valence-electron chi connectivity index (χ4n) is 6.12. The summed E-state index contributed by atoms with van der Waals surface area (Å²) < 4.78 is 10.4. The number of carbonyl (C=O) groups is 4. The molecule has 6 rings (SSSR count). The van der Waals surface area contributed by atoms with Gasteiger partial charge in [0, 0.05) is 35.9 Å². The van der Waals surface area contributed by atoms with Gasteiger partial charge in [-0.2, -0.15) is 0 Å². The Balaban J connectivity index is 1.26. The summed E-state index contributed by atoms with van der Waals surface area (Å²) >= 11 is 0. The van der Waals surface area contributed by atoms with Gasteiger partial charge in [0.05, 0.1) is 13.2 Å². The summed E-state index contributed by atoms with van der Waals surface area (Å²) in [6.45, 7) is 0.0637. The number of hydrogen-bond donors (Lipinski definition) is 3. The molecule has 220 valence electrons. The summed E-state index contributed by atoms with van der Waals surface area (Å²) in [4.78, 5) is 58.2. The average Bonchev–Trinajstić information content (AvgIpc) is 3.57. The fourth-order valence-corrected chi connectivity index (χ4v) is 6.12. The van der Waals surface area contributed by atoms with E-state index in [2.05, 4.69) is 15.6 Å². The molecular formula is C33H32N4O6. The first-order valence-electron chi connectivity index (χ1n) is 14.2. The number of fused-ring (bicyclic) bond motifs is 5. The Hall–Kier alpha value is -5.12. The van der Waals surface area contributed by atoms with E-state index < -0.39 is 42.1 Å². The lowest BCUT2D eigenvalue weighted by Crippen LogP contribution is -2.56. The summed E-state index contributed by atoms with van der Waals surface area (Å²) in [5.74, 6) is -1.43. The van der Waals surface area contributed by atoms with Crippen LogP contribution in [0, 0.1) is 0 Å². The van der Waals surface area contributed by atoms with E-state index in [1.54, 1.807) is 0 Å². The molecule has 3 N–H and O–H groups in total. The maximum atomic E-state index is 13.9. The van der Waals surface area contributed by atoms with Crippen LogP contribution in [0.25, 0.3) is 10.9 Å². The Morgan fingerprint density at radius 1 is 0.953 bits per heavy atom. The molecule has 3 heterocycles. The molecule has 0 spiro atoms. The Bertz CT molecular complexity index is 1650. The third kappa shape index (κ3) is 5.68. The van der Waals surface area contributed by atoms with Crippen LogP contribution in [-0.4, -0.2) is 59.0 Å². The second-order valence-corrected chi connectivity index (χ2v) is 10.8. The van der Waals surface area contributed by atoms with Crippen molar-refractivity contribution in [2.24, 2.45) is 0 Å². The number of methoxy groups -OCH3 is 1. The number of amides is 3. The van der Waals surface area contributed by atoms with Gasteiger partial charge in [0.25, 0.3) is 0 Å². The minimum absolute atomic E-state index is 0.0637. The molecule has 3 amide bonds. The monoisotopic (exact) mass is 580 g/mol. The molecule has 43 heavy (non-hydrogen) atoms. The molecule has 0 unspecified atom stereocenters. The van der Waals surface area contributed by atoms with Crippen LogP contribution in [0.4, 0.5) is 4.79 Å². The number of aromatic amines is 1. The smallest absolute Gasteiger partial charge is 0.408 e. The predicted octanol–water partition coefficient (Wildman–Crippen LogP) is 3.56. The van der Waals surface area contributed by atoms with Gasteiger partial charge in [0.1, 0.15) is 24.7 Å². The van der Waals surface area contributed by atoms with Gasteiger partial charge in [0.2, 0.25) is 11.8 Å². The number of benzene rings is 3. The number of nitrogens with one attached hydrogen (secondary N) is 3. The highest BCUT2D eigenvalue weighted by Crippen LogP contribution is 2.43. The number of esters is 1. The van der Waals surface area contributed by atoms with Crippen molar-refractivity contribution in [1.82, 2.24) is 20.5 Å². The number of H-pyrrole nitrogens is 1. The van der Waals surface area contributed by atoms with Gasteiger partial charge in [0.15, 0.2) is 0 Å². The fraction of sp³-hybridized carbons (Fsp3) is 0.273. The highest BCUT2D eigenvalue weighted by atomic mass is 16.5. The number of hydrogen-bond acceptors (Lipinski definition) is 6. The van der Waals surface area contributed by atoms with Crippen LogP contribution in [0.15, 0.2) is 84.9 Å². The van der Waals surface area contributed by atoms with E-state index in [4.69, 9.17) is 9.47 Å². The summed E-state index contributed by atoms with van der Waals surface area (Å²) in [7, 11) is 1.28. The second-order valence-electron chi connectivity index (χ2n) is 10.8. The second kappa shape index (κ2) is 12.0. The third-order valence-electron chi connectivity index (χ3n) is 8.15. The molecule has 1 saturated heterocycles. The minimum atomic E-state index is -0.942. The zero-order chi connectivity index (χ0) is 29.9. The standard InChI is InChI=1S/C33H32N4O6/c1-42-32(40)26(16-20-10-4-2-5-11-20)35-30(38)28-17-23-22-14-8-9-15-24(22)34-29(23)27-18-25(31(39)37(27)28)36-33(41)43-19-21-12-6-3-7-13-21/h2-15,25-28,34H,16-19H2,1H3,(H,35,38)(H,36,41)/t25-,26-,27+,28-/m0/s1. The van der Waals surface area contributed by atoms with E-state index in [-0.39, 0.29) is 31.8 Å². The van der Waals surface area contributed by atoms with Crippen LogP contribution in [0.2, 0.25) is 0 Å². The van der Waals surface area contributed by atoms with Crippen LogP contribution in [-0.2, 0) is 43.3 Å². The van der Waals surface area contributed by atoms with E-state index in [1.165, 1.54) is 12.0 Å². The van der Waals surface area contributed by atoms with E-state index >= 15 is 0 Å². The van der Waals surface area contributed by atoms with Crippen LogP contribution < -0.4 is 10.6 Å². The molecule has 10 nitrogen and oxygen atoms in total. The van der Waals surface area contributed by atoms with Gasteiger partial charge in [-0.05, 0) is 22.8 Å². The highest BCUT2D eigenvalue weighted by Gasteiger charge is 2.51. The van der Waals surface area contributed by atoms with Gasteiger partial charge in [-0.3, -0.25) is 9.59 Å². The molecule has 10 heteroatoms. The van der Waals surface area contributed by atoms with Gasteiger partial charge in [-0.1, -0.05) is 78.9 Å². The molecule has 2 aliphatic heterocycles. The Morgan fingerprint density at radius 3 is 2.35 bits per heavy atom. The van der Waals surface area contributed by atoms with Crippen LogP contribution in [0.5, 0.6) is 0 Å². The summed E-state index contributed by atoms with van der Waals surface area (Å²) in [5.41, 5.74) is 4.36. The van der Waals surface area contributed by atoms with Crippen molar-refractivity contribution in [1.29, 1.82) is 0 Å². The Labute approximate surface area is 248 Å². The van der Waals surface area contributed by atoms with Crippen molar-refractivity contribution in [3.8, 4) is 0 Å². The first-order chi connectivity index (χ1) is 20.9. The molecule has 4 aromatic rings. The first kappa shape index (κ1) is 28.0. The van der Waals surface area contributed by atoms with Gasteiger partial charge in [-0.15, -0.1) is 0 Å². The van der Waals surface area contributed by atoms with Gasteiger partial charge >= 0.3 is 12.1 Å². The SMILES string of the molecule is COC(=O)[C@H](Cc1ccccc1)NC(=O)[C@@H]1Cc2c([nH]c3ccccc23)[C@H]2C[C@H](NC(=O)OCc3ccccc3)C(=O)N21. The summed E-state index contributed by atoms with van der Waals surface area (Å²) in [5, 5.41) is 6.53. The maximum absolute atomic E-state index is 13.9. The molecule has 2 aliphatic rings. The Morgan fingerprint density at radius 2 is 1.63 bits per heavy atom. The molecule has 1 aromatic heterocycles. The first-order valence-corrected chi connectivity index (χ1v) is 14.2. The lowest BCUT2D eigenvalue weighted by Gasteiger charge is -2.37. The number of carbonyl (C=O) groups excluding carboxylic acids is 4. The maximum Gasteiger partial charge on any atom is 0.408 e. The third-order valence-corrected chi connectivity index (χ3v) is 8.15. The molecule has 0 radical (unpaired) electrons. The number of ether oxygens (including phenoxy) is 2. The normalized spacial score (nSPS) is 19.7. The quantitative estimate of drug-likeness (QED) is 0.273. The van der Waals surface area contributed by atoms with E-state index in [0.717, 1.165) is 33.3 Å². The summed E-state index contributed by atoms with van der Waals surface area (Å²) in [6.07, 6.45) is 0.0260. The molecule has 0 aliphatic carbocycles. The number of aromatic nitrogens is 1.